The Labute approximate surface area is 140 Å². The summed E-state index contributed by atoms with van der Waals surface area (Å²) >= 11 is 0. The molecule has 0 radical (unpaired) electrons. The number of likely N-dealkylation sites (tertiary alicyclic amines) is 1. The number of ether oxygens (including phenoxy) is 1. The fourth-order valence-electron chi connectivity index (χ4n) is 4.03. The molecule has 3 unspecified atom stereocenters. The van der Waals surface area contributed by atoms with Crippen molar-refractivity contribution in [3.05, 3.63) is 23.8 Å². The molecular weight excluding hydrogens is 288 g/mol. The Morgan fingerprint density at radius 3 is 2.74 bits per heavy atom. The van der Waals surface area contributed by atoms with Crippen LogP contribution in [0.3, 0.4) is 0 Å². The predicted molar refractivity (Wildman–Crippen MR) is 94.2 cm³/mol. The zero-order valence-electron chi connectivity index (χ0n) is 14.7. The Bertz CT molecular complexity index is 524. The van der Waals surface area contributed by atoms with Gasteiger partial charge in [-0.15, -0.1) is 0 Å². The van der Waals surface area contributed by atoms with Crippen molar-refractivity contribution in [2.75, 3.05) is 44.7 Å². The molecule has 0 aromatic heterocycles. The van der Waals surface area contributed by atoms with Gasteiger partial charge in [-0.3, -0.25) is 0 Å². The number of fused-ring (bicyclic) bond motifs is 1. The maximum atomic E-state index is 10.6. The van der Waals surface area contributed by atoms with E-state index in [9.17, 15) is 5.11 Å². The minimum absolute atomic E-state index is 0.413. The number of nitrogens with zero attached hydrogens (tertiary/aromatic N) is 2. The van der Waals surface area contributed by atoms with Gasteiger partial charge in [-0.2, -0.15) is 0 Å². The summed E-state index contributed by atoms with van der Waals surface area (Å²) in [6.45, 7) is 9.58. The van der Waals surface area contributed by atoms with Gasteiger partial charge in [0.15, 0.2) is 0 Å². The van der Waals surface area contributed by atoms with E-state index < -0.39 is 6.10 Å². The molecular formula is C19H30N2O2. The highest BCUT2D eigenvalue weighted by Gasteiger charge is 2.23. The Balaban J connectivity index is 1.59. The fourth-order valence-corrected chi connectivity index (χ4v) is 4.03. The van der Waals surface area contributed by atoms with Crippen LogP contribution in [0.4, 0.5) is 5.69 Å². The van der Waals surface area contributed by atoms with Crippen molar-refractivity contribution in [2.45, 2.75) is 32.8 Å². The molecule has 4 nitrogen and oxygen atoms in total. The third-order valence-electron chi connectivity index (χ3n) is 5.13. The molecule has 0 amide bonds. The largest absolute Gasteiger partial charge is 0.490 e. The third kappa shape index (κ3) is 3.99. The van der Waals surface area contributed by atoms with Gasteiger partial charge in [-0.25, -0.2) is 0 Å². The smallest absolute Gasteiger partial charge is 0.143 e. The standard InChI is InChI=1S/C19H30N2O2/c1-14-10-15(2)13-21(12-14)7-6-18(22)16-4-5-17-19(11-16)23-9-8-20(17)3/h4-5,11,14-15,18,22H,6-10,12-13H2,1-3H3. The third-order valence-corrected chi connectivity index (χ3v) is 5.13. The van der Waals surface area contributed by atoms with Gasteiger partial charge in [-0.05, 0) is 42.4 Å². The second-order valence-corrected chi connectivity index (χ2v) is 7.51. The molecule has 1 fully saturated rings. The van der Waals surface area contributed by atoms with E-state index in [2.05, 4.69) is 36.8 Å². The first kappa shape index (κ1) is 16.6. The molecule has 1 saturated heterocycles. The van der Waals surface area contributed by atoms with Crippen molar-refractivity contribution in [1.29, 1.82) is 0 Å². The van der Waals surface area contributed by atoms with Gasteiger partial charge in [0.2, 0.25) is 0 Å². The first-order chi connectivity index (χ1) is 11.0. The van der Waals surface area contributed by atoms with E-state index in [-0.39, 0.29) is 0 Å². The SMILES string of the molecule is CC1CC(C)CN(CCC(O)c2ccc3c(c2)OCCN3C)C1. The van der Waals surface area contributed by atoms with Crippen LogP contribution in [-0.4, -0.2) is 49.8 Å². The van der Waals surface area contributed by atoms with Gasteiger partial charge in [0, 0.05) is 26.7 Å². The van der Waals surface area contributed by atoms with Crippen molar-refractivity contribution in [3.8, 4) is 5.75 Å². The molecule has 1 N–H and O–H groups in total. The number of aliphatic hydroxyl groups excluding tert-OH is 1. The number of hydrogen-bond donors (Lipinski definition) is 1. The summed E-state index contributed by atoms with van der Waals surface area (Å²) in [5, 5.41) is 10.6. The summed E-state index contributed by atoms with van der Waals surface area (Å²) in [4.78, 5) is 4.70. The van der Waals surface area contributed by atoms with Crippen LogP contribution < -0.4 is 9.64 Å². The van der Waals surface area contributed by atoms with Crippen molar-refractivity contribution in [2.24, 2.45) is 11.8 Å². The number of rotatable bonds is 4. The molecule has 23 heavy (non-hydrogen) atoms. The summed E-state index contributed by atoms with van der Waals surface area (Å²) < 4.78 is 5.74. The molecule has 3 atom stereocenters. The Kier molecular flexibility index (Phi) is 5.12. The van der Waals surface area contributed by atoms with Gasteiger partial charge in [-0.1, -0.05) is 19.9 Å². The average Bonchev–Trinajstić information content (AvgIpc) is 2.51. The second-order valence-electron chi connectivity index (χ2n) is 7.51. The number of piperidine rings is 1. The highest BCUT2D eigenvalue weighted by molar-refractivity contribution is 5.60. The topological polar surface area (TPSA) is 35.9 Å². The Hall–Kier alpha value is -1.26. The minimum atomic E-state index is -0.413. The minimum Gasteiger partial charge on any atom is -0.490 e. The Morgan fingerprint density at radius 2 is 2.00 bits per heavy atom. The van der Waals surface area contributed by atoms with Crippen molar-refractivity contribution >= 4 is 5.69 Å². The fraction of sp³-hybridized carbons (Fsp3) is 0.684. The van der Waals surface area contributed by atoms with Gasteiger partial charge >= 0.3 is 0 Å². The van der Waals surface area contributed by atoms with Crippen LogP contribution in [0, 0.1) is 11.8 Å². The first-order valence-corrected chi connectivity index (χ1v) is 8.91. The van der Waals surface area contributed by atoms with E-state index in [0.29, 0.717) is 6.61 Å². The van der Waals surface area contributed by atoms with E-state index in [1.54, 1.807) is 0 Å². The number of aliphatic hydroxyl groups is 1. The number of anilines is 1. The van der Waals surface area contributed by atoms with Gasteiger partial charge in [0.05, 0.1) is 18.3 Å². The van der Waals surface area contributed by atoms with Crippen LogP contribution in [0.25, 0.3) is 0 Å². The first-order valence-electron chi connectivity index (χ1n) is 8.91. The maximum absolute atomic E-state index is 10.6. The van der Waals surface area contributed by atoms with Crippen LogP contribution in [0.1, 0.15) is 38.4 Å². The summed E-state index contributed by atoms with van der Waals surface area (Å²) in [5.41, 5.74) is 2.09. The van der Waals surface area contributed by atoms with E-state index in [0.717, 1.165) is 61.4 Å². The molecule has 3 rings (SSSR count). The molecule has 128 valence electrons. The monoisotopic (exact) mass is 318 g/mol. The lowest BCUT2D eigenvalue weighted by Crippen LogP contribution is -2.39. The zero-order valence-corrected chi connectivity index (χ0v) is 14.7. The summed E-state index contributed by atoms with van der Waals surface area (Å²) in [6, 6.07) is 6.12. The van der Waals surface area contributed by atoms with E-state index in [4.69, 9.17) is 4.74 Å². The van der Waals surface area contributed by atoms with Crippen LogP contribution >= 0.6 is 0 Å². The highest BCUT2D eigenvalue weighted by Crippen LogP contribution is 2.34. The molecule has 1 aromatic carbocycles. The van der Waals surface area contributed by atoms with Crippen LogP contribution in [0.15, 0.2) is 18.2 Å². The lowest BCUT2D eigenvalue weighted by molar-refractivity contribution is 0.103. The molecule has 0 saturated carbocycles. The average molecular weight is 318 g/mol. The van der Waals surface area contributed by atoms with E-state index >= 15 is 0 Å². The molecule has 0 spiro atoms. The number of hydrogen-bond acceptors (Lipinski definition) is 4. The normalized spacial score (nSPS) is 26.5. The summed E-state index contributed by atoms with van der Waals surface area (Å²) in [6.07, 6.45) is 1.70. The molecule has 1 aromatic rings. The van der Waals surface area contributed by atoms with Gasteiger partial charge in [0.25, 0.3) is 0 Å². The molecule has 0 bridgehead atoms. The molecule has 4 heteroatoms. The second kappa shape index (κ2) is 7.10. The molecule has 2 aliphatic heterocycles. The van der Waals surface area contributed by atoms with Crippen molar-refractivity contribution < 1.29 is 9.84 Å². The van der Waals surface area contributed by atoms with Crippen molar-refractivity contribution in [1.82, 2.24) is 4.90 Å². The quantitative estimate of drug-likeness (QED) is 0.926. The highest BCUT2D eigenvalue weighted by atomic mass is 16.5. The molecule has 0 aliphatic carbocycles. The molecule has 2 heterocycles. The van der Waals surface area contributed by atoms with Crippen LogP contribution in [0.5, 0.6) is 5.75 Å². The van der Waals surface area contributed by atoms with Crippen molar-refractivity contribution in [3.63, 3.8) is 0 Å². The number of likely N-dealkylation sites (N-methyl/N-ethyl adjacent to an activating group) is 1. The van der Waals surface area contributed by atoms with E-state index in [1.807, 2.05) is 12.1 Å². The Morgan fingerprint density at radius 1 is 1.26 bits per heavy atom. The lowest BCUT2D eigenvalue weighted by Gasteiger charge is -2.35. The van der Waals surface area contributed by atoms with Crippen LogP contribution in [-0.2, 0) is 0 Å². The predicted octanol–water partition coefficient (Wildman–Crippen LogP) is 2.92. The van der Waals surface area contributed by atoms with Gasteiger partial charge in [0.1, 0.15) is 12.4 Å². The van der Waals surface area contributed by atoms with Crippen LogP contribution in [0.2, 0.25) is 0 Å². The maximum Gasteiger partial charge on any atom is 0.143 e. The molecule has 2 aliphatic rings. The summed E-state index contributed by atoms with van der Waals surface area (Å²) in [5.74, 6) is 2.43. The van der Waals surface area contributed by atoms with Gasteiger partial charge < -0.3 is 19.6 Å². The van der Waals surface area contributed by atoms with E-state index in [1.165, 1.54) is 6.42 Å². The lowest BCUT2D eigenvalue weighted by atomic mass is 9.91. The zero-order chi connectivity index (χ0) is 16.4. The number of benzene rings is 1. The summed E-state index contributed by atoms with van der Waals surface area (Å²) in [7, 11) is 2.08.